The van der Waals surface area contributed by atoms with E-state index in [1.165, 1.54) is 0 Å². The molecule has 5 heteroatoms. The van der Waals surface area contributed by atoms with Gasteiger partial charge in [0.25, 0.3) is 0 Å². The van der Waals surface area contributed by atoms with Gasteiger partial charge in [-0.25, -0.2) is 4.79 Å². The highest BCUT2D eigenvalue weighted by Crippen LogP contribution is 2.07. The van der Waals surface area contributed by atoms with Crippen LogP contribution in [0.4, 0.5) is 4.79 Å². The standard InChI is InChI=1S/C15H22N2O3/c1-15(2,3)16-14(18)20-11-7-10-13(17-19)12-8-5-4-6-9-12/h4-6,8-9,19H,7,10-11H2,1-3H3,(H,16,18). The second-order valence-electron chi connectivity index (χ2n) is 5.53. The molecule has 5 nitrogen and oxygen atoms in total. The van der Waals surface area contributed by atoms with Crippen LogP contribution < -0.4 is 5.32 Å². The van der Waals surface area contributed by atoms with Crippen molar-refractivity contribution in [1.29, 1.82) is 0 Å². The second kappa shape index (κ2) is 7.53. The smallest absolute Gasteiger partial charge is 0.407 e. The first-order valence-corrected chi connectivity index (χ1v) is 6.63. The van der Waals surface area contributed by atoms with Crippen molar-refractivity contribution in [3.05, 3.63) is 35.9 Å². The molecule has 0 atom stereocenters. The topological polar surface area (TPSA) is 70.9 Å². The Morgan fingerprint density at radius 2 is 1.95 bits per heavy atom. The molecule has 0 aliphatic rings. The highest BCUT2D eigenvalue weighted by Gasteiger charge is 2.14. The lowest BCUT2D eigenvalue weighted by Crippen LogP contribution is -2.41. The summed E-state index contributed by atoms with van der Waals surface area (Å²) in [5.41, 5.74) is 1.15. The molecular formula is C15H22N2O3. The first-order valence-electron chi connectivity index (χ1n) is 6.63. The van der Waals surface area contributed by atoms with Crippen LogP contribution in [0.5, 0.6) is 0 Å². The maximum Gasteiger partial charge on any atom is 0.407 e. The highest BCUT2D eigenvalue weighted by atomic mass is 16.5. The average molecular weight is 278 g/mol. The van der Waals surface area contributed by atoms with Gasteiger partial charge in [-0.15, -0.1) is 0 Å². The summed E-state index contributed by atoms with van der Waals surface area (Å²) in [4.78, 5) is 11.4. The third-order valence-corrected chi connectivity index (χ3v) is 2.50. The Labute approximate surface area is 119 Å². The molecule has 0 spiro atoms. The minimum Gasteiger partial charge on any atom is -0.450 e. The molecule has 0 radical (unpaired) electrons. The van der Waals surface area contributed by atoms with Crippen molar-refractivity contribution in [2.45, 2.75) is 39.2 Å². The molecule has 0 bridgehead atoms. The van der Waals surface area contributed by atoms with Crippen LogP contribution in [0.3, 0.4) is 0 Å². The molecule has 0 heterocycles. The SMILES string of the molecule is CC(C)(C)NC(=O)OCCCC(=NO)c1ccccc1. The molecule has 0 aromatic heterocycles. The zero-order valence-corrected chi connectivity index (χ0v) is 12.2. The molecule has 2 N–H and O–H groups in total. The molecule has 0 aliphatic heterocycles. The predicted octanol–water partition coefficient (Wildman–Crippen LogP) is 3.17. The number of carbonyl (C=O) groups excluding carboxylic acids is 1. The molecule has 20 heavy (non-hydrogen) atoms. The number of nitrogens with zero attached hydrogens (tertiary/aromatic N) is 1. The number of benzene rings is 1. The lowest BCUT2D eigenvalue weighted by atomic mass is 10.1. The van der Waals surface area contributed by atoms with Crippen LogP contribution in [0.25, 0.3) is 0 Å². The number of rotatable bonds is 5. The van der Waals surface area contributed by atoms with E-state index in [9.17, 15) is 4.79 Å². The fourth-order valence-electron chi connectivity index (χ4n) is 1.63. The lowest BCUT2D eigenvalue weighted by Gasteiger charge is -2.19. The summed E-state index contributed by atoms with van der Waals surface area (Å²) in [5.74, 6) is 0. The van der Waals surface area contributed by atoms with E-state index >= 15 is 0 Å². The monoisotopic (exact) mass is 278 g/mol. The normalized spacial score (nSPS) is 12.1. The van der Waals surface area contributed by atoms with Crippen molar-refractivity contribution < 1.29 is 14.7 Å². The summed E-state index contributed by atoms with van der Waals surface area (Å²) in [7, 11) is 0. The van der Waals surface area contributed by atoms with Crippen molar-refractivity contribution >= 4 is 11.8 Å². The van der Waals surface area contributed by atoms with Crippen LogP contribution in [-0.2, 0) is 4.74 Å². The molecule has 0 aliphatic carbocycles. The van der Waals surface area contributed by atoms with Gasteiger partial charge in [0.2, 0.25) is 0 Å². The van der Waals surface area contributed by atoms with Gasteiger partial charge in [0.15, 0.2) is 0 Å². The number of ether oxygens (including phenoxy) is 1. The quantitative estimate of drug-likeness (QED) is 0.376. The van der Waals surface area contributed by atoms with Gasteiger partial charge in [0.05, 0.1) is 12.3 Å². The van der Waals surface area contributed by atoms with Gasteiger partial charge in [-0.1, -0.05) is 35.5 Å². The predicted molar refractivity (Wildman–Crippen MR) is 78.2 cm³/mol. The van der Waals surface area contributed by atoms with E-state index in [1.807, 2.05) is 51.1 Å². The molecule has 1 amide bonds. The van der Waals surface area contributed by atoms with E-state index < -0.39 is 6.09 Å². The number of alkyl carbamates (subject to hydrolysis) is 1. The Hall–Kier alpha value is -2.04. The lowest BCUT2D eigenvalue weighted by molar-refractivity contribution is 0.137. The minimum atomic E-state index is -0.431. The van der Waals surface area contributed by atoms with E-state index in [0.29, 0.717) is 18.6 Å². The average Bonchev–Trinajstić information content (AvgIpc) is 2.38. The van der Waals surface area contributed by atoms with Gasteiger partial charge in [-0.2, -0.15) is 0 Å². The van der Waals surface area contributed by atoms with Crippen molar-refractivity contribution in [2.75, 3.05) is 6.61 Å². The molecule has 0 fully saturated rings. The van der Waals surface area contributed by atoms with Gasteiger partial charge in [0, 0.05) is 5.54 Å². The van der Waals surface area contributed by atoms with Crippen molar-refractivity contribution in [3.8, 4) is 0 Å². The molecule has 1 aromatic carbocycles. The van der Waals surface area contributed by atoms with Gasteiger partial charge >= 0.3 is 6.09 Å². The van der Waals surface area contributed by atoms with E-state index in [0.717, 1.165) is 5.56 Å². The van der Waals surface area contributed by atoms with E-state index in [1.54, 1.807) is 0 Å². The fraction of sp³-hybridized carbons (Fsp3) is 0.467. The zero-order valence-electron chi connectivity index (χ0n) is 12.2. The fourth-order valence-corrected chi connectivity index (χ4v) is 1.63. The van der Waals surface area contributed by atoms with Crippen LogP contribution in [-0.4, -0.2) is 29.2 Å². The van der Waals surface area contributed by atoms with Crippen LogP contribution >= 0.6 is 0 Å². The molecule has 110 valence electrons. The summed E-state index contributed by atoms with van der Waals surface area (Å²) in [6.45, 7) is 5.95. The number of oxime groups is 1. The number of amides is 1. The van der Waals surface area contributed by atoms with Gasteiger partial charge < -0.3 is 15.3 Å². The Morgan fingerprint density at radius 1 is 1.30 bits per heavy atom. The van der Waals surface area contributed by atoms with E-state index in [2.05, 4.69) is 10.5 Å². The van der Waals surface area contributed by atoms with Gasteiger partial charge in [-0.3, -0.25) is 0 Å². The number of carbonyl (C=O) groups is 1. The molecule has 0 saturated carbocycles. The number of hydrogen-bond acceptors (Lipinski definition) is 4. The number of hydrogen-bond donors (Lipinski definition) is 2. The molecular weight excluding hydrogens is 256 g/mol. The van der Waals surface area contributed by atoms with Crippen LogP contribution in [0, 0.1) is 0 Å². The van der Waals surface area contributed by atoms with Crippen molar-refractivity contribution in [2.24, 2.45) is 5.16 Å². The highest BCUT2D eigenvalue weighted by molar-refractivity contribution is 6.00. The summed E-state index contributed by atoms with van der Waals surface area (Å²) < 4.78 is 5.06. The Bertz CT molecular complexity index is 450. The second-order valence-corrected chi connectivity index (χ2v) is 5.53. The Morgan fingerprint density at radius 3 is 2.50 bits per heavy atom. The summed E-state index contributed by atoms with van der Waals surface area (Å²) in [5, 5.41) is 15.0. The summed E-state index contributed by atoms with van der Waals surface area (Å²) in [6, 6.07) is 9.42. The Kier molecular flexibility index (Phi) is 6.03. The largest absolute Gasteiger partial charge is 0.450 e. The first-order chi connectivity index (χ1) is 9.42. The van der Waals surface area contributed by atoms with Crippen LogP contribution in [0.15, 0.2) is 35.5 Å². The summed E-state index contributed by atoms with van der Waals surface area (Å²) >= 11 is 0. The molecule has 0 unspecified atom stereocenters. The maximum absolute atomic E-state index is 11.4. The van der Waals surface area contributed by atoms with E-state index in [-0.39, 0.29) is 12.1 Å². The zero-order chi connectivity index (χ0) is 15.0. The van der Waals surface area contributed by atoms with Crippen LogP contribution in [0.2, 0.25) is 0 Å². The van der Waals surface area contributed by atoms with Crippen LogP contribution in [0.1, 0.15) is 39.2 Å². The third kappa shape index (κ3) is 6.22. The maximum atomic E-state index is 11.4. The number of nitrogens with one attached hydrogen (secondary N) is 1. The third-order valence-electron chi connectivity index (χ3n) is 2.50. The summed E-state index contributed by atoms with van der Waals surface area (Å²) in [6.07, 6.45) is 0.717. The van der Waals surface area contributed by atoms with E-state index in [4.69, 9.17) is 9.94 Å². The first kappa shape index (κ1) is 16.0. The molecule has 0 saturated heterocycles. The minimum absolute atomic E-state index is 0.285. The van der Waals surface area contributed by atoms with Crippen molar-refractivity contribution in [1.82, 2.24) is 5.32 Å². The molecule has 1 aromatic rings. The molecule has 1 rings (SSSR count). The van der Waals surface area contributed by atoms with Gasteiger partial charge in [-0.05, 0) is 39.2 Å². The van der Waals surface area contributed by atoms with Crippen molar-refractivity contribution in [3.63, 3.8) is 0 Å². The van der Waals surface area contributed by atoms with Gasteiger partial charge in [0.1, 0.15) is 0 Å². The Balaban J connectivity index is 2.32.